The average molecular weight is 388 g/mol. The van der Waals surface area contributed by atoms with Gasteiger partial charge in [0.2, 0.25) is 0 Å². The minimum Gasteiger partial charge on any atom is -0.507 e. The number of hydrogen-bond donors (Lipinski definition) is 3. The smallest absolute Gasteiger partial charge is 0.342 e. The zero-order chi connectivity index (χ0) is 20.3. The number of benzene rings is 1. The van der Waals surface area contributed by atoms with Gasteiger partial charge in [0.15, 0.2) is 5.78 Å². The maximum absolute atomic E-state index is 12.8. The van der Waals surface area contributed by atoms with E-state index in [0.717, 1.165) is 12.8 Å². The molecule has 0 saturated heterocycles. The summed E-state index contributed by atoms with van der Waals surface area (Å²) in [6.07, 6.45) is 4.84. The second-order valence-electron chi connectivity index (χ2n) is 7.06. The zero-order valence-corrected chi connectivity index (χ0v) is 15.6. The average Bonchev–Trinajstić information content (AvgIpc) is 3.10. The van der Waals surface area contributed by atoms with Crippen LogP contribution < -0.4 is 4.74 Å². The number of phenolic OH excluding ortho intramolecular Hbond substituents is 1. The molecule has 0 radical (unpaired) electrons. The molecule has 0 spiro atoms. The van der Waals surface area contributed by atoms with E-state index in [0.29, 0.717) is 17.7 Å². The summed E-state index contributed by atoms with van der Waals surface area (Å²) in [6.45, 7) is 0. The predicted molar refractivity (Wildman–Crippen MR) is 101 cm³/mol. The number of hydrogen-bond acceptors (Lipinski definition) is 7. The van der Waals surface area contributed by atoms with E-state index in [1.807, 2.05) is 0 Å². The SMILES string of the molecule is COc1cc(O)c2c(c1)/C=C/C[C@H](O)[C@H](O)C(=O)/C=C\[C@H]1CCC[C@@H]1OC2=O. The summed E-state index contributed by atoms with van der Waals surface area (Å²) in [6, 6.07) is 2.90. The molecule has 7 nitrogen and oxygen atoms in total. The minimum atomic E-state index is -1.54. The van der Waals surface area contributed by atoms with E-state index in [2.05, 4.69) is 0 Å². The largest absolute Gasteiger partial charge is 0.507 e. The maximum Gasteiger partial charge on any atom is 0.342 e. The molecule has 1 saturated carbocycles. The highest BCUT2D eigenvalue weighted by molar-refractivity contribution is 5.97. The van der Waals surface area contributed by atoms with E-state index in [-0.39, 0.29) is 23.7 Å². The summed E-state index contributed by atoms with van der Waals surface area (Å²) >= 11 is 0. The molecule has 3 N–H and O–H groups in total. The second-order valence-corrected chi connectivity index (χ2v) is 7.06. The molecule has 150 valence electrons. The summed E-state index contributed by atoms with van der Waals surface area (Å²) in [5, 5.41) is 30.5. The molecular weight excluding hydrogens is 364 g/mol. The molecule has 1 aromatic rings. The molecule has 2 aliphatic rings. The van der Waals surface area contributed by atoms with E-state index in [1.165, 1.54) is 31.4 Å². The third-order valence-corrected chi connectivity index (χ3v) is 5.16. The number of aliphatic hydroxyl groups excluding tert-OH is 2. The van der Waals surface area contributed by atoms with E-state index in [9.17, 15) is 24.9 Å². The number of rotatable bonds is 1. The third-order valence-electron chi connectivity index (χ3n) is 5.16. The Bertz CT molecular complexity index is 811. The van der Waals surface area contributed by atoms with Gasteiger partial charge in [-0.25, -0.2) is 4.79 Å². The Morgan fingerprint density at radius 3 is 2.68 bits per heavy atom. The Balaban J connectivity index is 2.03. The van der Waals surface area contributed by atoms with Crippen molar-refractivity contribution in [2.24, 2.45) is 5.92 Å². The van der Waals surface area contributed by atoms with Crippen molar-refractivity contribution in [3.05, 3.63) is 41.5 Å². The Kier molecular flexibility index (Phi) is 6.16. The van der Waals surface area contributed by atoms with E-state index >= 15 is 0 Å². The fourth-order valence-corrected chi connectivity index (χ4v) is 3.58. The number of carbonyl (C=O) groups excluding carboxylic acids is 2. The zero-order valence-electron chi connectivity index (χ0n) is 15.6. The standard InChI is InChI=1S/C21H24O7/c1-27-14-10-13-5-2-6-15(22)20(25)16(23)9-8-12-4-3-7-18(12)28-21(26)19(13)17(24)11-14/h2,5,8-12,15,18,20,22,24-25H,3-4,6-7H2,1H3/b5-2+,9-8-/t12-,15+,18+,20+/m1/s1. The number of aliphatic hydroxyl groups is 2. The van der Waals surface area contributed by atoms with Crippen LogP contribution in [-0.4, -0.2) is 52.5 Å². The summed E-state index contributed by atoms with van der Waals surface area (Å²) in [4.78, 5) is 24.9. The van der Waals surface area contributed by atoms with Gasteiger partial charge in [0.1, 0.15) is 29.3 Å². The first kappa shape index (κ1) is 20.1. The number of ketones is 1. The monoisotopic (exact) mass is 388 g/mol. The molecule has 28 heavy (non-hydrogen) atoms. The van der Waals surface area contributed by atoms with E-state index in [4.69, 9.17) is 9.47 Å². The fraction of sp³-hybridized carbons (Fsp3) is 0.429. The summed E-state index contributed by atoms with van der Waals surface area (Å²) < 4.78 is 10.8. The number of fused-ring (bicyclic) bond motifs is 2. The van der Waals surface area contributed by atoms with Gasteiger partial charge in [-0.05, 0) is 43.4 Å². The second kappa shape index (κ2) is 8.58. The van der Waals surface area contributed by atoms with Crippen LogP contribution in [0, 0.1) is 5.92 Å². The first-order valence-electron chi connectivity index (χ1n) is 9.27. The Hall–Kier alpha value is -2.64. The van der Waals surface area contributed by atoms with Gasteiger partial charge < -0.3 is 24.8 Å². The Labute approximate surface area is 162 Å². The summed E-state index contributed by atoms with van der Waals surface area (Å²) in [7, 11) is 1.44. The lowest BCUT2D eigenvalue weighted by Gasteiger charge is -2.20. The van der Waals surface area contributed by atoms with Crippen LogP contribution in [0.5, 0.6) is 11.5 Å². The van der Waals surface area contributed by atoms with E-state index in [1.54, 1.807) is 12.1 Å². The molecule has 1 aliphatic carbocycles. The van der Waals surface area contributed by atoms with Crippen molar-refractivity contribution in [3.63, 3.8) is 0 Å². The number of methoxy groups -OCH3 is 1. The molecule has 1 heterocycles. The van der Waals surface area contributed by atoms with Gasteiger partial charge in [0.05, 0.1) is 13.2 Å². The van der Waals surface area contributed by atoms with Gasteiger partial charge in [-0.15, -0.1) is 0 Å². The van der Waals surface area contributed by atoms with Crippen LogP contribution in [0.1, 0.15) is 41.6 Å². The summed E-state index contributed by atoms with van der Waals surface area (Å²) in [5.74, 6) is -1.33. The molecule has 4 atom stereocenters. The highest BCUT2D eigenvalue weighted by Crippen LogP contribution is 2.34. The van der Waals surface area contributed by atoms with Gasteiger partial charge in [-0.3, -0.25) is 4.79 Å². The fourth-order valence-electron chi connectivity index (χ4n) is 3.58. The van der Waals surface area contributed by atoms with Crippen LogP contribution in [0.3, 0.4) is 0 Å². The number of phenols is 1. The van der Waals surface area contributed by atoms with Crippen LogP contribution in [0.2, 0.25) is 0 Å². The Morgan fingerprint density at radius 2 is 1.93 bits per heavy atom. The molecule has 7 heteroatoms. The van der Waals surface area contributed by atoms with Crippen LogP contribution >= 0.6 is 0 Å². The molecular formula is C21H24O7. The molecule has 1 aromatic carbocycles. The topological polar surface area (TPSA) is 113 Å². The molecule has 1 aliphatic heterocycles. The molecule has 0 aromatic heterocycles. The lowest BCUT2D eigenvalue weighted by molar-refractivity contribution is -0.127. The van der Waals surface area contributed by atoms with Gasteiger partial charge in [-0.1, -0.05) is 18.2 Å². The Morgan fingerprint density at radius 1 is 1.14 bits per heavy atom. The number of aromatic hydroxyl groups is 1. The first-order chi connectivity index (χ1) is 13.4. The predicted octanol–water partition coefficient (Wildman–Crippen LogP) is 1.99. The minimum absolute atomic E-state index is 0.00912. The van der Waals surface area contributed by atoms with Crippen LogP contribution in [0.15, 0.2) is 30.4 Å². The highest BCUT2D eigenvalue weighted by atomic mass is 16.5. The van der Waals surface area contributed by atoms with Gasteiger partial charge in [0.25, 0.3) is 0 Å². The van der Waals surface area contributed by atoms with Crippen molar-refractivity contribution in [2.75, 3.05) is 7.11 Å². The molecule has 0 amide bonds. The lowest BCUT2D eigenvalue weighted by atomic mass is 9.99. The third kappa shape index (κ3) is 4.26. The number of ether oxygens (including phenoxy) is 2. The summed E-state index contributed by atoms with van der Waals surface area (Å²) in [5.41, 5.74) is 0.367. The van der Waals surface area contributed by atoms with Crippen LogP contribution in [-0.2, 0) is 9.53 Å². The van der Waals surface area contributed by atoms with Crippen molar-refractivity contribution in [3.8, 4) is 11.5 Å². The number of carbonyl (C=O) groups is 2. The highest BCUT2D eigenvalue weighted by Gasteiger charge is 2.31. The van der Waals surface area contributed by atoms with E-state index < -0.39 is 30.1 Å². The van der Waals surface area contributed by atoms with Crippen LogP contribution in [0.4, 0.5) is 0 Å². The van der Waals surface area contributed by atoms with Crippen molar-refractivity contribution in [1.29, 1.82) is 0 Å². The molecule has 1 fully saturated rings. The molecule has 3 rings (SSSR count). The first-order valence-corrected chi connectivity index (χ1v) is 9.27. The van der Waals surface area contributed by atoms with Crippen molar-refractivity contribution >= 4 is 17.8 Å². The van der Waals surface area contributed by atoms with Crippen molar-refractivity contribution in [1.82, 2.24) is 0 Å². The van der Waals surface area contributed by atoms with Gasteiger partial charge in [-0.2, -0.15) is 0 Å². The quantitative estimate of drug-likeness (QED) is 0.631. The van der Waals surface area contributed by atoms with Crippen LogP contribution in [0.25, 0.3) is 6.08 Å². The van der Waals surface area contributed by atoms with Gasteiger partial charge in [0, 0.05) is 12.0 Å². The maximum atomic E-state index is 12.8. The lowest BCUT2D eigenvalue weighted by Crippen LogP contribution is -2.32. The molecule has 0 unspecified atom stereocenters. The van der Waals surface area contributed by atoms with Gasteiger partial charge >= 0.3 is 5.97 Å². The van der Waals surface area contributed by atoms with Crippen molar-refractivity contribution < 1.29 is 34.4 Å². The normalized spacial score (nSPS) is 30.5. The van der Waals surface area contributed by atoms with Crippen molar-refractivity contribution in [2.45, 2.75) is 44.0 Å². The molecule has 0 bridgehead atoms. The number of esters is 1.